The minimum Gasteiger partial charge on any atom is -0.206 e. The molecular formula is C50H37F3. The van der Waals surface area contributed by atoms with Crippen molar-refractivity contribution in [1.82, 2.24) is 0 Å². The molecule has 0 bridgehead atoms. The van der Waals surface area contributed by atoms with Crippen LogP contribution in [0.25, 0.3) is 0 Å². The van der Waals surface area contributed by atoms with E-state index in [0.29, 0.717) is 22.3 Å². The second kappa shape index (κ2) is 17.5. The van der Waals surface area contributed by atoms with E-state index >= 15 is 0 Å². The second-order valence-electron chi connectivity index (χ2n) is 12.9. The molecule has 53 heavy (non-hydrogen) atoms. The van der Waals surface area contributed by atoms with Crippen LogP contribution in [-0.2, 0) is 0 Å². The molecule has 6 rings (SSSR count). The van der Waals surface area contributed by atoms with Crippen molar-refractivity contribution >= 4 is 0 Å². The van der Waals surface area contributed by atoms with Gasteiger partial charge in [0.05, 0.1) is 11.1 Å². The summed E-state index contributed by atoms with van der Waals surface area (Å²) in [5, 5.41) is 0. The van der Waals surface area contributed by atoms with Gasteiger partial charge in [-0.3, -0.25) is 0 Å². The smallest absolute Gasteiger partial charge is 0.142 e. The topological polar surface area (TPSA) is 0 Å². The Kier molecular flexibility index (Phi) is 12.4. The molecular weight excluding hydrogens is 658 g/mol. The lowest BCUT2D eigenvalue weighted by molar-refractivity contribution is 0.575. The average Bonchev–Trinajstić information content (AvgIpc) is 3.12. The van der Waals surface area contributed by atoms with Gasteiger partial charge in [0.2, 0.25) is 0 Å². The molecule has 0 nitrogen and oxygen atoms in total. The van der Waals surface area contributed by atoms with Crippen molar-refractivity contribution < 1.29 is 13.2 Å². The lowest BCUT2D eigenvalue weighted by atomic mass is 10.1. The summed E-state index contributed by atoms with van der Waals surface area (Å²) in [6, 6.07) is 34.9. The van der Waals surface area contributed by atoms with Gasteiger partial charge >= 0.3 is 0 Å². The van der Waals surface area contributed by atoms with Crippen LogP contribution in [0.4, 0.5) is 13.2 Å². The lowest BCUT2D eigenvalue weighted by Crippen LogP contribution is -1.91. The molecule has 0 N–H and O–H groups in total. The van der Waals surface area contributed by atoms with Gasteiger partial charge in [-0.15, -0.1) is 0 Å². The number of halogens is 3. The van der Waals surface area contributed by atoms with E-state index in [-0.39, 0.29) is 11.4 Å². The zero-order valence-electron chi connectivity index (χ0n) is 30.6. The normalized spacial score (nSPS) is 9.75. The third-order valence-electron chi connectivity index (χ3n) is 8.21. The van der Waals surface area contributed by atoms with E-state index in [0.717, 1.165) is 33.4 Å². The van der Waals surface area contributed by atoms with E-state index in [2.05, 4.69) is 66.4 Å². The van der Waals surface area contributed by atoms with Crippen molar-refractivity contribution in [3.05, 3.63) is 211 Å². The van der Waals surface area contributed by atoms with Gasteiger partial charge in [-0.1, -0.05) is 100 Å². The monoisotopic (exact) mass is 694 g/mol. The second-order valence-corrected chi connectivity index (χ2v) is 12.9. The van der Waals surface area contributed by atoms with E-state index in [9.17, 15) is 13.2 Å². The third-order valence-corrected chi connectivity index (χ3v) is 8.21. The summed E-state index contributed by atoms with van der Waals surface area (Å²) in [4.78, 5) is 0. The highest BCUT2D eigenvalue weighted by molar-refractivity contribution is 5.52. The van der Waals surface area contributed by atoms with Gasteiger partial charge in [-0.2, -0.15) is 0 Å². The maximum atomic E-state index is 14.3. The zero-order valence-corrected chi connectivity index (χ0v) is 30.6. The van der Waals surface area contributed by atoms with Gasteiger partial charge in [0.1, 0.15) is 17.5 Å². The van der Waals surface area contributed by atoms with Crippen LogP contribution in [-0.4, -0.2) is 0 Å². The quantitative estimate of drug-likeness (QED) is 0.139. The first-order valence-corrected chi connectivity index (χ1v) is 17.1. The molecule has 0 radical (unpaired) electrons. The minimum atomic E-state index is -0.643. The molecule has 0 aliphatic heterocycles. The zero-order chi connectivity index (χ0) is 37.9. The van der Waals surface area contributed by atoms with E-state index in [1.807, 2.05) is 88.4 Å². The molecule has 6 aromatic rings. The first kappa shape index (κ1) is 37.6. The summed E-state index contributed by atoms with van der Waals surface area (Å²) in [6.07, 6.45) is 0. The molecule has 0 aliphatic carbocycles. The number of rotatable bonds is 0. The summed E-state index contributed by atoms with van der Waals surface area (Å²) in [5.74, 6) is 22.1. The van der Waals surface area contributed by atoms with Crippen molar-refractivity contribution in [2.24, 2.45) is 0 Å². The van der Waals surface area contributed by atoms with Crippen molar-refractivity contribution in [1.29, 1.82) is 0 Å². The summed E-state index contributed by atoms with van der Waals surface area (Å²) >= 11 is 0. The summed E-state index contributed by atoms with van der Waals surface area (Å²) < 4.78 is 42.0. The van der Waals surface area contributed by atoms with Crippen molar-refractivity contribution in [3.63, 3.8) is 0 Å². The van der Waals surface area contributed by atoms with Crippen LogP contribution in [0.15, 0.2) is 115 Å². The molecule has 0 fully saturated rings. The summed E-state index contributed by atoms with van der Waals surface area (Å²) in [7, 11) is 0. The number of hydrogen-bond donors (Lipinski definition) is 0. The fourth-order valence-corrected chi connectivity index (χ4v) is 5.25. The van der Waals surface area contributed by atoms with Crippen molar-refractivity contribution in [2.75, 3.05) is 0 Å². The fraction of sp³-hybridized carbons (Fsp3) is 0.120. The average molecular weight is 695 g/mol. The molecule has 0 saturated heterocycles. The fourth-order valence-electron chi connectivity index (χ4n) is 5.25. The predicted octanol–water partition coefficient (Wildman–Crippen LogP) is 11.2. The first-order chi connectivity index (χ1) is 25.4. The van der Waals surface area contributed by atoms with Crippen LogP contribution in [0.2, 0.25) is 0 Å². The molecule has 0 atom stereocenters. The maximum Gasteiger partial charge on any atom is 0.142 e. The highest BCUT2D eigenvalue weighted by Gasteiger charge is 2.07. The Hall–Kier alpha value is -6.65. The number of benzene rings is 6. The number of aryl methyl sites for hydroxylation is 6. The Labute approximate surface area is 311 Å². The molecule has 0 amide bonds. The Morgan fingerprint density at radius 1 is 0.302 bits per heavy atom. The van der Waals surface area contributed by atoms with Crippen LogP contribution in [0.3, 0.4) is 0 Å². The van der Waals surface area contributed by atoms with Crippen molar-refractivity contribution in [2.45, 2.75) is 41.5 Å². The SMILES string of the molecule is Cc1ccc(C#Cc2ccc(C#Cc3c(F)cc(C)cc3F)cc2)c(C)c1.Cc1ccc(C#Cc2ccc(C#Cc3ccc(C)cc3C)c(F)c2)cc1. The Morgan fingerprint density at radius 3 is 1.19 bits per heavy atom. The van der Waals surface area contributed by atoms with Gasteiger partial charge in [-0.25, -0.2) is 13.2 Å². The van der Waals surface area contributed by atoms with Crippen LogP contribution in [0.5, 0.6) is 0 Å². The minimum absolute atomic E-state index is 0.209. The van der Waals surface area contributed by atoms with Gasteiger partial charge in [0.15, 0.2) is 0 Å². The molecule has 3 heteroatoms. The Bertz CT molecular complexity index is 2520. The molecule has 0 aromatic heterocycles. The van der Waals surface area contributed by atoms with Crippen LogP contribution in [0.1, 0.15) is 77.9 Å². The number of hydrogen-bond acceptors (Lipinski definition) is 0. The molecule has 0 heterocycles. The highest BCUT2D eigenvalue weighted by Crippen LogP contribution is 2.15. The van der Waals surface area contributed by atoms with E-state index in [1.165, 1.54) is 34.9 Å². The Morgan fingerprint density at radius 2 is 0.679 bits per heavy atom. The third kappa shape index (κ3) is 10.9. The molecule has 0 aliphatic rings. The highest BCUT2D eigenvalue weighted by atomic mass is 19.1. The summed E-state index contributed by atoms with van der Waals surface area (Å²) in [5.41, 5.74) is 11.5. The van der Waals surface area contributed by atoms with Crippen LogP contribution >= 0.6 is 0 Å². The molecule has 0 spiro atoms. The van der Waals surface area contributed by atoms with E-state index < -0.39 is 11.6 Å². The first-order valence-electron chi connectivity index (χ1n) is 17.1. The molecule has 0 saturated carbocycles. The Balaban J connectivity index is 0.000000204. The standard InChI is InChI=1S/C25H18F2.C25H19F/c1-17-4-11-22(19(3)14-17)12-9-20-5-7-21(8-6-20)10-13-23-24(26)15-18(2)16-25(23)27;1-18-4-7-21(8-5-18)9-10-22-11-13-24(25(26)17-22)15-14-23-12-6-19(2)16-20(23)3/h4-8,11,14-16H,1-3H3;4-8,11-13,16-17H,1-3H3. The largest absolute Gasteiger partial charge is 0.206 e. The molecule has 258 valence electrons. The molecule has 0 unspecified atom stereocenters. The van der Waals surface area contributed by atoms with Gasteiger partial charge in [-0.05, 0) is 137 Å². The van der Waals surface area contributed by atoms with Crippen LogP contribution < -0.4 is 0 Å². The van der Waals surface area contributed by atoms with Gasteiger partial charge in [0, 0.05) is 33.4 Å². The van der Waals surface area contributed by atoms with E-state index in [1.54, 1.807) is 31.2 Å². The van der Waals surface area contributed by atoms with Gasteiger partial charge < -0.3 is 0 Å². The van der Waals surface area contributed by atoms with E-state index in [4.69, 9.17) is 0 Å². The molecule has 6 aromatic carbocycles. The summed E-state index contributed by atoms with van der Waals surface area (Å²) in [6.45, 7) is 11.8. The predicted molar refractivity (Wildman–Crippen MR) is 211 cm³/mol. The maximum absolute atomic E-state index is 14.3. The van der Waals surface area contributed by atoms with Crippen molar-refractivity contribution in [3.8, 4) is 47.4 Å². The van der Waals surface area contributed by atoms with Gasteiger partial charge in [0.25, 0.3) is 0 Å². The lowest BCUT2D eigenvalue weighted by Gasteiger charge is -1.99. The van der Waals surface area contributed by atoms with Crippen LogP contribution in [0, 0.1) is 106 Å².